The maximum atomic E-state index is 12.8. The predicted octanol–water partition coefficient (Wildman–Crippen LogP) is 3.45. The number of hydrogen-bond acceptors (Lipinski definition) is 8. The number of hydrogen-bond donors (Lipinski definition) is 2. The van der Waals surface area contributed by atoms with Crippen molar-refractivity contribution in [2.75, 3.05) is 6.26 Å². The van der Waals surface area contributed by atoms with Crippen LogP contribution in [-0.4, -0.2) is 43.4 Å². The van der Waals surface area contributed by atoms with E-state index >= 15 is 0 Å². The Hall–Kier alpha value is -2.56. The van der Waals surface area contributed by atoms with Crippen LogP contribution < -0.4 is 5.48 Å². The van der Waals surface area contributed by atoms with Crippen LogP contribution in [-0.2, 0) is 13.0 Å². The normalized spacial score (nSPS) is 15.1. The zero-order valence-electron chi connectivity index (χ0n) is 16.8. The molecule has 1 aliphatic rings. The molecule has 30 heavy (non-hydrogen) atoms. The molecule has 2 heterocycles. The molecular formula is C20H21N5O3S2. The maximum absolute atomic E-state index is 12.8. The standard InChI is InChI=1S/C20H21N5O3S2/c1-20(2)8-13-15(14(26)9-20)19(29-3)30-16(13)17-21-24-25(22-17)10-11-4-6-12(7-5-11)18(27)23-28/h4-7,28H,8-10H2,1-3H3,(H,23,27). The molecule has 0 fully saturated rings. The number of nitrogens with zero attached hydrogens (tertiary/aromatic N) is 4. The fourth-order valence-corrected chi connectivity index (χ4v) is 5.69. The molecule has 10 heteroatoms. The van der Waals surface area contributed by atoms with Crippen LogP contribution in [0.25, 0.3) is 10.7 Å². The van der Waals surface area contributed by atoms with Gasteiger partial charge in [-0.3, -0.25) is 14.8 Å². The third-order valence-corrected chi connectivity index (χ3v) is 7.38. The topological polar surface area (TPSA) is 110 Å². The molecule has 0 saturated heterocycles. The van der Waals surface area contributed by atoms with E-state index in [2.05, 4.69) is 29.3 Å². The first-order valence-corrected chi connectivity index (χ1v) is 11.4. The van der Waals surface area contributed by atoms with Crippen LogP contribution in [0.3, 0.4) is 0 Å². The van der Waals surface area contributed by atoms with Gasteiger partial charge in [-0.05, 0) is 46.6 Å². The number of tetrazole rings is 1. The predicted molar refractivity (Wildman–Crippen MR) is 114 cm³/mol. The second kappa shape index (κ2) is 7.93. The number of aromatic nitrogens is 4. The number of ketones is 1. The number of thiophene rings is 1. The Kier molecular flexibility index (Phi) is 5.48. The van der Waals surface area contributed by atoms with Gasteiger partial charge in [0.2, 0.25) is 5.82 Å². The summed E-state index contributed by atoms with van der Waals surface area (Å²) in [6.07, 6.45) is 3.34. The van der Waals surface area contributed by atoms with Gasteiger partial charge >= 0.3 is 0 Å². The highest BCUT2D eigenvalue weighted by Crippen LogP contribution is 2.47. The van der Waals surface area contributed by atoms with Crippen molar-refractivity contribution >= 4 is 34.8 Å². The second-order valence-corrected chi connectivity index (χ2v) is 10.1. The Morgan fingerprint density at radius 3 is 2.70 bits per heavy atom. The summed E-state index contributed by atoms with van der Waals surface area (Å²) in [5.74, 6) is 0.151. The van der Waals surface area contributed by atoms with Gasteiger partial charge in [-0.1, -0.05) is 26.0 Å². The fraction of sp³-hybridized carbons (Fsp3) is 0.350. The number of benzene rings is 1. The average Bonchev–Trinajstić information content (AvgIpc) is 3.31. The average molecular weight is 444 g/mol. The minimum absolute atomic E-state index is 0.0891. The number of thioether (sulfide) groups is 1. The van der Waals surface area contributed by atoms with Gasteiger partial charge in [0.15, 0.2) is 5.78 Å². The molecule has 2 N–H and O–H groups in total. The summed E-state index contributed by atoms with van der Waals surface area (Å²) in [7, 11) is 0. The number of carbonyl (C=O) groups is 2. The van der Waals surface area contributed by atoms with Gasteiger partial charge in [0.1, 0.15) is 0 Å². The number of hydroxylamine groups is 1. The number of rotatable bonds is 5. The molecule has 0 spiro atoms. The molecule has 1 amide bonds. The van der Waals surface area contributed by atoms with Gasteiger partial charge in [-0.25, -0.2) is 5.48 Å². The molecule has 3 aromatic rings. The Bertz CT molecular complexity index is 1120. The molecule has 4 rings (SSSR count). The quantitative estimate of drug-likeness (QED) is 0.353. The van der Waals surface area contributed by atoms with Crippen LogP contribution in [0.15, 0.2) is 28.5 Å². The summed E-state index contributed by atoms with van der Waals surface area (Å²) < 4.78 is 1.01. The first kappa shape index (κ1) is 20.7. The molecular weight excluding hydrogens is 422 g/mol. The lowest BCUT2D eigenvalue weighted by molar-refractivity contribution is 0.0706. The lowest BCUT2D eigenvalue weighted by Gasteiger charge is -2.29. The van der Waals surface area contributed by atoms with E-state index in [1.165, 1.54) is 4.80 Å². The van der Waals surface area contributed by atoms with Crippen LogP contribution in [0.4, 0.5) is 0 Å². The van der Waals surface area contributed by atoms with E-state index in [4.69, 9.17) is 5.21 Å². The van der Waals surface area contributed by atoms with Crippen molar-refractivity contribution in [2.45, 2.75) is 37.4 Å². The van der Waals surface area contributed by atoms with E-state index in [1.54, 1.807) is 52.8 Å². The summed E-state index contributed by atoms with van der Waals surface area (Å²) in [6.45, 7) is 4.61. The molecule has 156 valence electrons. The van der Waals surface area contributed by atoms with Crippen molar-refractivity contribution in [1.29, 1.82) is 0 Å². The van der Waals surface area contributed by atoms with Crippen LogP contribution in [0.1, 0.15) is 52.1 Å². The molecule has 0 saturated carbocycles. The smallest absolute Gasteiger partial charge is 0.274 e. The van der Waals surface area contributed by atoms with E-state index in [0.29, 0.717) is 24.4 Å². The Labute approximate surface area is 181 Å². The van der Waals surface area contributed by atoms with E-state index in [1.807, 2.05) is 6.26 Å². The SMILES string of the molecule is CSc1sc(-c2nnn(Cc3ccc(C(=O)NO)cc3)n2)c2c1C(=O)CC(C)(C)C2. The minimum atomic E-state index is -0.563. The lowest BCUT2D eigenvalue weighted by atomic mass is 9.74. The number of Topliss-reactive ketones (excluding diaryl/α,β-unsaturated/α-hetero) is 1. The molecule has 0 bridgehead atoms. The van der Waals surface area contributed by atoms with E-state index in [0.717, 1.165) is 32.2 Å². The molecule has 0 atom stereocenters. The first-order chi connectivity index (χ1) is 14.3. The highest BCUT2D eigenvalue weighted by molar-refractivity contribution is 8.00. The van der Waals surface area contributed by atoms with Gasteiger partial charge in [0.05, 0.1) is 15.6 Å². The van der Waals surface area contributed by atoms with Crippen LogP contribution >= 0.6 is 23.1 Å². The summed E-state index contributed by atoms with van der Waals surface area (Å²) in [4.78, 5) is 26.6. The molecule has 0 radical (unpaired) electrons. The monoisotopic (exact) mass is 443 g/mol. The first-order valence-electron chi connectivity index (χ1n) is 9.36. The van der Waals surface area contributed by atoms with Crippen molar-refractivity contribution < 1.29 is 14.8 Å². The molecule has 0 aliphatic heterocycles. The Morgan fingerprint density at radius 1 is 1.30 bits per heavy atom. The van der Waals surface area contributed by atoms with Gasteiger partial charge < -0.3 is 0 Å². The van der Waals surface area contributed by atoms with Crippen molar-refractivity contribution in [3.8, 4) is 10.7 Å². The molecule has 0 unspecified atom stereocenters. The van der Waals surface area contributed by atoms with Gasteiger partial charge in [-0.2, -0.15) is 4.80 Å². The largest absolute Gasteiger partial charge is 0.294 e. The van der Waals surface area contributed by atoms with Crippen LogP contribution in [0.2, 0.25) is 0 Å². The van der Waals surface area contributed by atoms with Crippen molar-refractivity contribution in [3.63, 3.8) is 0 Å². The third-order valence-electron chi connectivity index (χ3n) is 5.03. The molecule has 2 aromatic heterocycles. The Morgan fingerprint density at radius 2 is 2.03 bits per heavy atom. The maximum Gasteiger partial charge on any atom is 0.274 e. The van der Waals surface area contributed by atoms with Crippen LogP contribution in [0.5, 0.6) is 0 Å². The summed E-state index contributed by atoms with van der Waals surface area (Å²) >= 11 is 3.14. The number of amides is 1. The minimum Gasteiger partial charge on any atom is -0.294 e. The second-order valence-electron chi connectivity index (χ2n) is 8.00. The van der Waals surface area contributed by atoms with Crippen LogP contribution in [0, 0.1) is 5.41 Å². The zero-order valence-corrected chi connectivity index (χ0v) is 18.4. The molecule has 1 aromatic carbocycles. The Balaban J connectivity index is 1.62. The highest BCUT2D eigenvalue weighted by atomic mass is 32.2. The van der Waals surface area contributed by atoms with E-state index in [9.17, 15) is 9.59 Å². The lowest BCUT2D eigenvalue weighted by Crippen LogP contribution is -2.26. The zero-order chi connectivity index (χ0) is 21.5. The highest BCUT2D eigenvalue weighted by Gasteiger charge is 2.37. The van der Waals surface area contributed by atoms with Crippen molar-refractivity contribution in [1.82, 2.24) is 25.7 Å². The summed E-state index contributed by atoms with van der Waals surface area (Å²) in [5, 5.41) is 21.7. The number of nitrogens with one attached hydrogen (secondary N) is 1. The third kappa shape index (κ3) is 3.90. The number of fused-ring (bicyclic) bond motifs is 1. The van der Waals surface area contributed by atoms with Crippen molar-refractivity contribution in [3.05, 3.63) is 46.5 Å². The van der Waals surface area contributed by atoms with Crippen molar-refractivity contribution in [2.24, 2.45) is 5.41 Å². The van der Waals surface area contributed by atoms with Gasteiger partial charge in [0, 0.05) is 17.5 Å². The summed E-state index contributed by atoms with van der Waals surface area (Å²) in [5.41, 5.74) is 4.63. The summed E-state index contributed by atoms with van der Waals surface area (Å²) in [6, 6.07) is 6.78. The number of carbonyl (C=O) groups excluding carboxylic acids is 2. The fourth-order valence-electron chi connectivity index (χ4n) is 3.67. The molecule has 1 aliphatic carbocycles. The van der Waals surface area contributed by atoms with Gasteiger partial charge in [-0.15, -0.1) is 33.3 Å². The van der Waals surface area contributed by atoms with E-state index < -0.39 is 5.91 Å². The van der Waals surface area contributed by atoms with E-state index in [-0.39, 0.29) is 11.2 Å². The molecule has 8 nitrogen and oxygen atoms in total. The van der Waals surface area contributed by atoms with Gasteiger partial charge in [0.25, 0.3) is 5.91 Å².